The maximum absolute atomic E-state index is 12.3. The summed E-state index contributed by atoms with van der Waals surface area (Å²) in [5.74, 6) is -0.613. The number of nitrogens with zero attached hydrogens (tertiary/aromatic N) is 2. The summed E-state index contributed by atoms with van der Waals surface area (Å²) in [7, 11) is -2.57. The lowest BCUT2D eigenvalue weighted by Gasteiger charge is -2.10. The van der Waals surface area contributed by atoms with Gasteiger partial charge in [-0.05, 0) is 19.1 Å². The maximum Gasteiger partial charge on any atom is 0.339 e. The molecule has 0 unspecified atom stereocenters. The Balaban J connectivity index is 2.35. The van der Waals surface area contributed by atoms with Gasteiger partial charge in [-0.15, -0.1) is 0 Å². The molecule has 0 fully saturated rings. The molecule has 0 spiro atoms. The molecule has 1 aromatic heterocycles. The Morgan fingerprint density at radius 3 is 2.71 bits per heavy atom. The first-order valence-electron chi connectivity index (χ1n) is 6.20. The minimum absolute atomic E-state index is 0.0315. The van der Waals surface area contributed by atoms with Crippen LogP contribution in [-0.4, -0.2) is 31.3 Å². The van der Waals surface area contributed by atoms with Crippen LogP contribution < -0.4 is 4.72 Å². The van der Waals surface area contributed by atoms with E-state index in [0.29, 0.717) is 6.54 Å². The molecule has 0 bridgehead atoms. The van der Waals surface area contributed by atoms with E-state index < -0.39 is 16.0 Å². The van der Waals surface area contributed by atoms with Crippen LogP contribution in [-0.2, 0) is 21.3 Å². The number of ether oxygens (including phenoxy) is 1. The Morgan fingerprint density at radius 2 is 2.10 bits per heavy atom. The number of hydrogen-bond acceptors (Lipinski definition) is 5. The number of anilines is 1. The maximum atomic E-state index is 12.3. The number of para-hydroxylation sites is 1. The fourth-order valence-electron chi connectivity index (χ4n) is 1.72. The minimum atomic E-state index is -3.81. The summed E-state index contributed by atoms with van der Waals surface area (Å²) >= 11 is 0. The fraction of sp³-hybridized carbons (Fsp3) is 0.231. The molecule has 0 amide bonds. The Bertz CT molecular complexity index is 752. The van der Waals surface area contributed by atoms with Crippen LogP contribution >= 0.6 is 0 Å². The Kier molecular flexibility index (Phi) is 4.27. The monoisotopic (exact) mass is 309 g/mol. The van der Waals surface area contributed by atoms with Crippen LogP contribution in [0.4, 0.5) is 5.69 Å². The van der Waals surface area contributed by atoms with Crippen LogP contribution in [0.3, 0.4) is 0 Å². The zero-order valence-corrected chi connectivity index (χ0v) is 12.4. The minimum Gasteiger partial charge on any atom is -0.465 e. The summed E-state index contributed by atoms with van der Waals surface area (Å²) in [6, 6.07) is 6.23. The van der Waals surface area contributed by atoms with Crippen molar-refractivity contribution >= 4 is 21.7 Å². The zero-order valence-electron chi connectivity index (χ0n) is 11.6. The number of esters is 1. The summed E-state index contributed by atoms with van der Waals surface area (Å²) in [4.78, 5) is 11.7. The van der Waals surface area contributed by atoms with Gasteiger partial charge in [0.2, 0.25) is 0 Å². The van der Waals surface area contributed by atoms with Crippen LogP contribution in [0.15, 0.2) is 41.6 Å². The first-order chi connectivity index (χ1) is 9.97. The smallest absolute Gasteiger partial charge is 0.339 e. The predicted octanol–water partition coefficient (Wildman–Crippen LogP) is 1.49. The molecule has 112 valence electrons. The van der Waals surface area contributed by atoms with Crippen molar-refractivity contribution in [2.45, 2.75) is 18.4 Å². The first kappa shape index (κ1) is 15.0. The second kappa shape index (κ2) is 5.96. The highest BCUT2D eigenvalue weighted by Gasteiger charge is 2.20. The highest BCUT2D eigenvalue weighted by molar-refractivity contribution is 7.92. The van der Waals surface area contributed by atoms with Crippen molar-refractivity contribution in [3.8, 4) is 0 Å². The number of carbonyl (C=O) groups excluding carboxylic acids is 1. The molecule has 8 heteroatoms. The van der Waals surface area contributed by atoms with Crippen molar-refractivity contribution in [3.05, 3.63) is 42.2 Å². The highest BCUT2D eigenvalue weighted by Crippen LogP contribution is 2.20. The summed E-state index contributed by atoms with van der Waals surface area (Å²) < 4.78 is 33.1. The first-order valence-corrected chi connectivity index (χ1v) is 7.69. The average molecular weight is 309 g/mol. The molecule has 21 heavy (non-hydrogen) atoms. The lowest BCUT2D eigenvalue weighted by Crippen LogP contribution is -2.15. The van der Waals surface area contributed by atoms with Crippen LogP contribution in [0.2, 0.25) is 0 Å². The summed E-state index contributed by atoms with van der Waals surface area (Å²) in [5.41, 5.74) is 0.306. The molecule has 1 heterocycles. The molecule has 0 aliphatic heterocycles. The van der Waals surface area contributed by atoms with Gasteiger partial charge in [0.15, 0.2) is 0 Å². The molecule has 0 aliphatic rings. The number of carbonyl (C=O) groups is 1. The van der Waals surface area contributed by atoms with Crippen LogP contribution in [0.1, 0.15) is 17.3 Å². The average Bonchev–Trinajstić information content (AvgIpc) is 2.96. The van der Waals surface area contributed by atoms with Crippen molar-refractivity contribution < 1.29 is 17.9 Å². The standard InChI is InChI=1S/C13H15N3O4S/c1-3-16-9-10(8-14-16)21(18,19)15-12-7-5-4-6-11(12)13(17)20-2/h4-9,15H,3H2,1-2H3. The molecule has 1 N–H and O–H groups in total. The van der Waals surface area contributed by atoms with E-state index in [4.69, 9.17) is 0 Å². The van der Waals surface area contributed by atoms with E-state index in [1.165, 1.54) is 36.3 Å². The lowest BCUT2D eigenvalue weighted by molar-refractivity contribution is 0.0602. The molecule has 0 radical (unpaired) electrons. The van der Waals surface area contributed by atoms with Crippen LogP contribution in [0.25, 0.3) is 0 Å². The Morgan fingerprint density at radius 1 is 1.38 bits per heavy atom. The van der Waals surface area contributed by atoms with Gasteiger partial charge in [0.25, 0.3) is 10.0 Å². The Labute approximate surface area is 122 Å². The number of methoxy groups -OCH3 is 1. The number of benzene rings is 1. The van der Waals surface area contributed by atoms with Crippen LogP contribution in [0.5, 0.6) is 0 Å². The van der Waals surface area contributed by atoms with E-state index >= 15 is 0 Å². The quantitative estimate of drug-likeness (QED) is 0.845. The van der Waals surface area contributed by atoms with Crippen LogP contribution in [0, 0.1) is 0 Å². The number of aryl methyl sites for hydroxylation is 1. The number of sulfonamides is 1. The molecular weight excluding hydrogens is 294 g/mol. The molecule has 0 saturated carbocycles. The third-order valence-electron chi connectivity index (χ3n) is 2.82. The molecule has 7 nitrogen and oxygen atoms in total. The normalized spacial score (nSPS) is 11.1. The number of nitrogens with one attached hydrogen (secondary N) is 1. The molecule has 0 saturated heterocycles. The van der Waals surface area contributed by atoms with Gasteiger partial charge < -0.3 is 4.74 Å². The van der Waals surface area contributed by atoms with E-state index in [9.17, 15) is 13.2 Å². The third kappa shape index (κ3) is 3.22. The lowest BCUT2D eigenvalue weighted by atomic mass is 10.2. The van der Waals surface area contributed by atoms with Crippen molar-refractivity contribution in [1.82, 2.24) is 9.78 Å². The van der Waals surface area contributed by atoms with E-state index in [1.54, 1.807) is 12.1 Å². The molecule has 2 rings (SSSR count). The van der Waals surface area contributed by atoms with Gasteiger partial charge in [0.05, 0.1) is 24.6 Å². The highest BCUT2D eigenvalue weighted by atomic mass is 32.2. The number of rotatable bonds is 5. The Hall–Kier alpha value is -2.35. The van der Waals surface area contributed by atoms with Crippen molar-refractivity contribution in [1.29, 1.82) is 0 Å². The van der Waals surface area contributed by atoms with Gasteiger partial charge in [-0.1, -0.05) is 12.1 Å². The predicted molar refractivity (Wildman–Crippen MR) is 76.5 cm³/mol. The topological polar surface area (TPSA) is 90.3 Å². The van der Waals surface area contributed by atoms with Crippen molar-refractivity contribution in [2.24, 2.45) is 0 Å². The van der Waals surface area contributed by atoms with E-state index in [2.05, 4.69) is 14.6 Å². The van der Waals surface area contributed by atoms with Crippen molar-refractivity contribution in [2.75, 3.05) is 11.8 Å². The molecule has 1 aromatic carbocycles. The van der Waals surface area contributed by atoms with Gasteiger partial charge in [-0.2, -0.15) is 5.10 Å². The summed E-state index contributed by atoms with van der Waals surface area (Å²) in [5, 5.41) is 3.92. The fourth-order valence-corrected chi connectivity index (χ4v) is 2.75. The van der Waals surface area contributed by atoms with Gasteiger partial charge in [0.1, 0.15) is 4.90 Å². The largest absolute Gasteiger partial charge is 0.465 e. The van der Waals surface area contributed by atoms with E-state index in [1.807, 2.05) is 6.92 Å². The molecule has 2 aromatic rings. The van der Waals surface area contributed by atoms with Gasteiger partial charge >= 0.3 is 5.97 Å². The molecule has 0 aliphatic carbocycles. The van der Waals surface area contributed by atoms with E-state index in [0.717, 1.165) is 0 Å². The third-order valence-corrected chi connectivity index (χ3v) is 4.14. The number of hydrogen-bond donors (Lipinski definition) is 1. The van der Waals surface area contributed by atoms with E-state index in [-0.39, 0.29) is 16.1 Å². The summed E-state index contributed by atoms with van der Waals surface area (Å²) in [6.07, 6.45) is 2.68. The zero-order chi connectivity index (χ0) is 15.5. The number of aromatic nitrogens is 2. The van der Waals surface area contributed by atoms with Gasteiger partial charge in [0, 0.05) is 12.7 Å². The SMILES string of the molecule is CCn1cc(S(=O)(=O)Nc2ccccc2C(=O)OC)cn1. The second-order valence-corrected chi connectivity index (χ2v) is 5.86. The van der Waals surface area contributed by atoms with Crippen molar-refractivity contribution in [3.63, 3.8) is 0 Å². The van der Waals surface area contributed by atoms with Gasteiger partial charge in [-0.3, -0.25) is 9.40 Å². The second-order valence-electron chi connectivity index (χ2n) is 4.17. The molecule has 0 atom stereocenters. The summed E-state index contributed by atoms with van der Waals surface area (Å²) in [6.45, 7) is 2.41. The van der Waals surface area contributed by atoms with Gasteiger partial charge in [-0.25, -0.2) is 13.2 Å². The molecular formula is C13H15N3O4S.